The molecule has 5 nitrogen and oxygen atoms in total. The van der Waals surface area contributed by atoms with Crippen molar-refractivity contribution >= 4 is 10.0 Å². The number of sulfonamides is 1. The van der Waals surface area contributed by atoms with Gasteiger partial charge in [-0.25, -0.2) is 13.4 Å². The summed E-state index contributed by atoms with van der Waals surface area (Å²) in [7, 11) is -1.87. The summed E-state index contributed by atoms with van der Waals surface area (Å²) < 4.78 is 26.4. The van der Waals surface area contributed by atoms with Gasteiger partial charge >= 0.3 is 0 Å². The molecule has 0 fully saturated rings. The SMILES string of the molecule is CCNCc1ccc(S(=O)(=O)N(C)C(CC)CC)nc1. The number of rotatable bonds is 8. The Bertz CT molecular complexity index is 496. The summed E-state index contributed by atoms with van der Waals surface area (Å²) in [4.78, 5) is 4.11. The summed E-state index contributed by atoms with van der Waals surface area (Å²) in [5, 5.41) is 3.30. The van der Waals surface area contributed by atoms with Crippen LogP contribution < -0.4 is 5.32 Å². The third-order valence-electron chi connectivity index (χ3n) is 3.48. The van der Waals surface area contributed by atoms with Crippen LogP contribution in [0.3, 0.4) is 0 Å². The van der Waals surface area contributed by atoms with Crippen LogP contribution in [0, 0.1) is 0 Å². The summed E-state index contributed by atoms with van der Waals surface area (Å²) >= 11 is 0. The van der Waals surface area contributed by atoms with Gasteiger partial charge in [-0.3, -0.25) is 0 Å². The average molecular weight is 299 g/mol. The molecule has 0 aliphatic carbocycles. The molecule has 0 aliphatic rings. The maximum absolute atomic E-state index is 12.5. The second kappa shape index (κ2) is 7.71. The number of hydrogen-bond donors (Lipinski definition) is 1. The lowest BCUT2D eigenvalue weighted by Gasteiger charge is -2.25. The van der Waals surface area contributed by atoms with Crippen molar-refractivity contribution in [1.82, 2.24) is 14.6 Å². The number of aromatic nitrogens is 1. The second-order valence-electron chi connectivity index (χ2n) is 4.78. The lowest BCUT2D eigenvalue weighted by Crippen LogP contribution is -2.36. The molecule has 1 N–H and O–H groups in total. The Hall–Kier alpha value is -0.980. The number of nitrogens with one attached hydrogen (secondary N) is 1. The molecule has 0 unspecified atom stereocenters. The molecule has 0 amide bonds. The van der Waals surface area contributed by atoms with Crippen LogP contribution in [-0.4, -0.2) is 37.3 Å². The lowest BCUT2D eigenvalue weighted by atomic mass is 10.2. The van der Waals surface area contributed by atoms with Crippen LogP contribution in [0.1, 0.15) is 39.2 Å². The first-order valence-corrected chi connectivity index (χ1v) is 8.55. The van der Waals surface area contributed by atoms with E-state index in [9.17, 15) is 8.42 Å². The molecule has 20 heavy (non-hydrogen) atoms. The van der Waals surface area contributed by atoms with Gasteiger partial charge in [-0.15, -0.1) is 0 Å². The van der Waals surface area contributed by atoms with Gasteiger partial charge in [-0.2, -0.15) is 4.31 Å². The summed E-state index contributed by atoms with van der Waals surface area (Å²) in [6.45, 7) is 7.58. The molecule has 0 spiro atoms. The van der Waals surface area contributed by atoms with E-state index in [1.165, 1.54) is 4.31 Å². The fraction of sp³-hybridized carbons (Fsp3) is 0.643. The van der Waals surface area contributed by atoms with Gasteiger partial charge in [0.15, 0.2) is 5.03 Å². The molecular formula is C14H25N3O2S. The molecule has 0 bridgehead atoms. The van der Waals surface area contributed by atoms with E-state index >= 15 is 0 Å². The Balaban J connectivity index is 2.92. The second-order valence-corrected chi connectivity index (χ2v) is 6.72. The minimum atomic E-state index is -3.50. The van der Waals surface area contributed by atoms with Crippen LogP contribution in [0.25, 0.3) is 0 Å². The fourth-order valence-electron chi connectivity index (χ4n) is 2.08. The Kier molecular flexibility index (Phi) is 6.58. The van der Waals surface area contributed by atoms with Crippen LogP contribution in [0.5, 0.6) is 0 Å². The molecule has 0 saturated carbocycles. The number of nitrogens with zero attached hydrogens (tertiary/aromatic N) is 2. The van der Waals surface area contributed by atoms with Gasteiger partial charge in [0.05, 0.1) is 0 Å². The van der Waals surface area contributed by atoms with Crippen molar-refractivity contribution in [3.8, 4) is 0 Å². The smallest absolute Gasteiger partial charge is 0.260 e. The fourth-order valence-corrected chi connectivity index (χ4v) is 3.50. The zero-order valence-electron chi connectivity index (χ0n) is 12.8. The number of hydrogen-bond acceptors (Lipinski definition) is 4. The van der Waals surface area contributed by atoms with Gasteiger partial charge in [-0.1, -0.05) is 26.8 Å². The Morgan fingerprint density at radius 1 is 1.25 bits per heavy atom. The highest BCUT2D eigenvalue weighted by Crippen LogP contribution is 2.18. The van der Waals surface area contributed by atoms with Gasteiger partial charge in [0.25, 0.3) is 10.0 Å². The van der Waals surface area contributed by atoms with Crippen molar-refractivity contribution in [2.45, 2.75) is 51.2 Å². The van der Waals surface area contributed by atoms with Gasteiger partial charge < -0.3 is 5.32 Å². The van der Waals surface area contributed by atoms with Gasteiger partial charge in [-0.05, 0) is 31.0 Å². The van der Waals surface area contributed by atoms with Crippen molar-refractivity contribution in [1.29, 1.82) is 0 Å². The summed E-state index contributed by atoms with van der Waals surface area (Å²) in [5.41, 5.74) is 0.982. The molecule has 0 atom stereocenters. The Morgan fingerprint density at radius 2 is 1.90 bits per heavy atom. The van der Waals surface area contributed by atoms with E-state index in [0.29, 0.717) is 6.54 Å². The van der Waals surface area contributed by atoms with E-state index in [1.54, 1.807) is 19.3 Å². The first-order chi connectivity index (χ1) is 9.47. The molecule has 0 aliphatic heterocycles. The van der Waals surface area contributed by atoms with E-state index in [-0.39, 0.29) is 11.1 Å². The monoisotopic (exact) mass is 299 g/mol. The molecule has 0 saturated heterocycles. The largest absolute Gasteiger partial charge is 0.313 e. The first kappa shape index (κ1) is 17.1. The highest BCUT2D eigenvalue weighted by atomic mass is 32.2. The van der Waals surface area contributed by atoms with E-state index in [2.05, 4.69) is 10.3 Å². The van der Waals surface area contributed by atoms with Crippen LogP contribution in [0.2, 0.25) is 0 Å². The van der Waals surface area contributed by atoms with E-state index in [0.717, 1.165) is 24.9 Å². The molecule has 0 radical (unpaired) electrons. The maximum atomic E-state index is 12.5. The zero-order valence-corrected chi connectivity index (χ0v) is 13.6. The Morgan fingerprint density at radius 3 is 2.35 bits per heavy atom. The van der Waals surface area contributed by atoms with E-state index in [1.807, 2.05) is 26.8 Å². The predicted molar refractivity (Wildman–Crippen MR) is 80.9 cm³/mol. The molecule has 1 heterocycles. The Labute approximate surface area is 122 Å². The molecule has 0 aromatic carbocycles. The predicted octanol–water partition coefficient (Wildman–Crippen LogP) is 2.00. The highest BCUT2D eigenvalue weighted by molar-refractivity contribution is 7.89. The molecule has 114 valence electrons. The maximum Gasteiger partial charge on any atom is 0.260 e. The van der Waals surface area contributed by atoms with Crippen LogP contribution in [0.4, 0.5) is 0 Å². The average Bonchev–Trinajstić information content (AvgIpc) is 2.46. The third-order valence-corrected chi connectivity index (χ3v) is 5.30. The standard InChI is InChI=1S/C14H25N3O2S/c1-5-13(6-2)17(4)20(18,19)14-9-8-12(11-16-14)10-15-7-3/h8-9,11,13,15H,5-7,10H2,1-4H3. The summed E-state index contributed by atoms with van der Waals surface area (Å²) in [6.07, 6.45) is 3.21. The third kappa shape index (κ3) is 4.01. The van der Waals surface area contributed by atoms with Crippen LogP contribution in [0.15, 0.2) is 23.4 Å². The quantitative estimate of drug-likeness (QED) is 0.797. The van der Waals surface area contributed by atoms with Crippen molar-refractivity contribution in [3.63, 3.8) is 0 Å². The summed E-state index contributed by atoms with van der Waals surface area (Å²) in [5.74, 6) is 0. The van der Waals surface area contributed by atoms with Crippen LogP contribution >= 0.6 is 0 Å². The van der Waals surface area contributed by atoms with Gasteiger partial charge in [0, 0.05) is 25.8 Å². The molecule has 1 rings (SSSR count). The van der Waals surface area contributed by atoms with Crippen molar-refractivity contribution in [2.75, 3.05) is 13.6 Å². The van der Waals surface area contributed by atoms with E-state index in [4.69, 9.17) is 0 Å². The minimum Gasteiger partial charge on any atom is -0.313 e. The van der Waals surface area contributed by atoms with Crippen molar-refractivity contribution in [3.05, 3.63) is 23.9 Å². The zero-order chi connectivity index (χ0) is 15.2. The molecule has 1 aromatic heterocycles. The molecule has 6 heteroatoms. The molecule has 1 aromatic rings. The van der Waals surface area contributed by atoms with Crippen molar-refractivity contribution in [2.24, 2.45) is 0 Å². The van der Waals surface area contributed by atoms with Gasteiger partial charge in [0.2, 0.25) is 0 Å². The van der Waals surface area contributed by atoms with Gasteiger partial charge in [0.1, 0.15) is 0 Å². The topological polar surface area (TPSA) is 62.3 Å². The van der Waals surface area contributed by atoms with Crippen LogP contribution in [-0.2, 0) is 16.6 Å². The normalized spacial score (nSPS) is 12.3. The van der Waals surface area contributed by atoms with Crippen molar-refractivity contribution < 1.29 is 8.42 Å². The minimum absolute atomic E-state index is 0.0169. The first-order valence-electron chi connectivity index (χ1n) is 7.11. The summed E-state index contributed by atoms with van der Waals surface area (Å²) in [6, 6.07) is 3.41. The lowest BCUT2D eigenvalue weighted by molar-refractivity contribution is 0.348. The number of pyridine rings is 1. The molecular weight excluding hydrogens is 274 g/mol. The highest BCUT2D eigenvalue weighted by Gasteiger charge is 2.26. The van der Waals surface area contributed by atoms with E-state index < -0.39 is 10.0 Å².